The number of ether oxygens (including phenoxy) is 1. The molecule has 1 amide bonds. The molecule has 2 rings (SSSR count). The van der Waals surface area contributed by atoms with Gasteiger partial charge in [-0.15, -0.1) is 0 Å². The van der Waals surface area contributed by atoms with Gasteiger partial charge in [-0.1, -0.05) is 0 Å². The lowest BCUT2D eigenvalue weighted by molar-refractivity contribution is -0.136. The van der Waals surface area contributed by atoms with E-state index in [2.05, 4.69) is 22.7 Å². The third-order valence-electron chi connectivity index (χ3n) is 3.62. The maximum atomic E-state index is 12.5. The number of aliphatic hydroxyl groups is 2. The molecule has 1 aliphatic rings. The summed E-state index contributed by atoms with van der Waals surface area (Å²) in [6.07, 6.45) is -6.92. The Labute approximate surface area is 177 Å². The first-order valence-corrected chi connectivity index (χ1v) is 12.5. The highest BCUT2D eigenvalue weighted by atomic mass is 31.3. The molecule has 0 saturated carbocycles. The molecule has 0 aromatic carbocycles. The highest BCUT2D eigenvalue weighted by molar-refractivity contribution is 7.66. The van der Waals surface area contributed by atoms with Crippen LogP contribution in [0.4, 0.5) is 0 Å². The molecule has 2 heterocycles. The number of amides is 1. The molecule has 6 atom stereocenters. The zero-order valence-electron chi connectivity index (χ0n) is 16.0. The Kier molecular flexibility index (Phi) is 7.97. The molecular weight excluding hydrogens is 507 g/mol. The van der Waals surface area contributed by atoms with Crippen LogP contribution in [0.15, 0.2) is 11.0 Å². The topological polar surface area (TPSA) is 276 Å². The van der Waals surface area contributed by atoms with E-state index >= 15 is 0 Å². The number of aromatic nitrogens is 2. The second-order valence-electron chi connectivity index (χ2n) is 6.04. The maximum absolute atomic E-state index is 12.5. The van der Waals surface area contributed by atoms with Gasteiger partial charge in [-0.2, -0.15) is 8.62 Å². The van der Waals surface area contributed by atoms with Gasteiger partial charge in [0.2, 0.25) is 0 Å². The number of rotatable bonds is 9. The number of hydrogen-bond donors (Lipinski definition) is 6. The van der Waals surface area contributed by atoms with Crippen LogP contribution in [0.2, 0.25) is 0 Å². The molecule has 0 aliphatic carbocycles. The van der Waals surface area contributed by atoms with Crippen LogP contribution in [0, 0.1) is 6.92 Å². The minimum Gasteiger partial charge on any atom is -0.385 e. The molecule has 1 aromatic heterocycles. The Hall–Kier alpha value is -1.36. The summed E-state index contributed by atoms with van der Waals surface area (Å²) in [5, 5.41) is 20.4. The Morgan fingerprint density at radius 1 is 1.19 bits per heavy atom. The molecule has 0 bridgehead atoms. The second-order valence-corrected chi connectivity index (χ2v) is 10.7. The predicted octanol–water partition coefficient (Wildman–Crippen LogP) is -1.78. The minimum atomic E-state index is -5.74. The van der Waals surface area contributed by atoms with E-state index < -0.39 is 65.4 Å². The summed E-state index contributed by atoms with van der Waals surface area (Å²) in [5.41, 5.74) is 3.30. The molecule has 21 heteroatoms. The molecule has 32 heavy (non-hydrogen) atoms. The van der Waals surface area contributed by atoms with Gasteiger partial charge < -0.3 is 35.4 Å². The fourth-order valence-electron chi connectivity index (χ4n) is 2.43. The van der Waals surface area contributed by atoms with Crippen molar-refractivity contribution in [2.75, 3.05) is 7.11 Å². The van der Waals surface area contributed by atoms with E-state index in [0.717, 1.165) is 6.20 Å². The van der Waals surface area contributed by atoms with Gasteiger partial charge in [0, 0.05) is 13.3 Å². The van der Waals surface area contributed by atoms with Crippen LogP contribution >= 0.6 is 23.5 Å². The fourth-order valence-corrected chi connectivity index (χ4v) is 5.84. The predicted molar refractivity (Wildman–Crippen MR) is 97.4 cm³/mol. The lowest BCUT2D eigenvalue weighted by atomic mass is 10.2. The molecule has 182 valence electrons. The van der Waals surface area contributed by atoms with E-state index in [1.165, 1.54) is 6.92 Å². The zero-order valence-corrected chi connectivity index (χ0v) is 18.7. The van der Waals surface area contributed by atoms with Gasteiger partial charge in [0.05, 0.1) is 5.69 Å². The van der Waals surface area contributed by atoms with E-state index in [9.17, 15) is 38.4 Å². The molecule has 2 unspecified atom stereocenters. The van der Waals surface area contributed by atoms with Crippen LogP contribution in [0.1, 0.15) is 22.4 Å². The average molecular weight is 525 g/mol. The summed E-state index contributed by atoms with van der Waals surface area (Å²) in [5.74, 6) is -1.20. The summed E-state index contributed by atoms with van der Waals surface area (Å²) in [6, 6.07) is 0. The Morgan fingerprint density at radius 3 is 2.28 bits per heavy atom. The fraction of sp³-hybridized carbons (Fsp3) is 0.545. The summed E-state index contributed by atoms with van der Waals surface area (Å²) in [7, 11) is -15.9. The average Bonchev–Trinajstić information content (AvgIpc) is 2.88. The first kappa shape index (κ1) is 26.9. The third kappa shape index (κ3) is 6.36. The summed E-state index contributed by atoms with van der Waals surface area (Å²) in [4.78, 5) is 53.9. The Balaban J connectivity index is 2.31. The highest BCUT2D eigenvalue weighted by Crippen LogP contribution is 2.68. The van der Waals surface area contributed by atoms with Crippen molar-refractivity contribution in [3.63, 3.8) is 0 Å². The number of carbonyl (C=O) groups is 1. The van der Waals surface area contributed by atoms with E-state index in [1.807, 2.05) is 0 Å². The van der Waals surface area contributed by atoms with Crippen LogP contribution in [0.25, 0.3) is 0 Å². The number of nitrogens with zero attached hydrogens (tertiary/aromatic N) is 2. The van der Waals surface area contributed by atoms with Crippen molar-refractivity contribution in [2.24, 2.45) is 5.73 Å². The number of primary amides is 1. The van der Waals surface area contributed by atoms with Crippen LogP contribution in [0.3, 0.4) is 0 Å². The van der Waals surface area contributed by atoms with Gasteiger partial charge in [0.25, 0.3) is 11.5 Å². The summed E-state index contributed by atoms with van der Waals surface area (Å²) in [6.45, 7) is 1.36. The van der Waals surface area contributed by atoms with E-state index in [0.29, 0.717) is 11.7 Å². The quantitative estimate of drug-likeness (QED) is 0.194. The van der Waals surface area contributed by atoms with Gasteiger partial charge in [-0.25, -0.2) is 18.7 Å². The molecular formula is C11H18N3O15P3. The maximum Gasteiger partial charge on any atom is 0.490 e. The third-order valence-corrected chi connectivity index (χ3v) is 7.84. The van der Waals surface area contributed by atoms with Crippen molar-refractivity contribution in [1.82, 2.24) is 9.55 Å². The van der Waals surface area contributed by atoms with Crippen molar-refractivity contribution < 1.29 is 65.8 Å². The number of phosphoric ester groups is 1. The monoisotopic (exact) mass is 525 g/mol. The first-order chi connectivity index (χ1) is 14.5. The lowest BCUT2D eigenvalue weighted by Crippen LogP contribution is -2.38. The van der Waals surface area contributed by atoms with E-state index in [1.54, 1.807) is 0 Å². The zero-order chi connectivity index (χ0) is 24.6. The molecule has 0 radical (unpaired) electrons. The summed E-state index contributed by atoms with van der Waals surface area (Å²) >= 11 is 0. The van der Waals surface area contributed by atoms with E-state index in [4.69, 9.17) is 20.3 Å². The molecule has 1 aliphatic heterocycles. The van der Waals surface area contributed by atoms with Crippen molar-refractivity contribution >= 4 is 29.4 Å². The van der Waals surface area contributed by atoms with Gasteiger partial charge >= 0.3 is 23.5 Å². The van der Waals surface area contributed by atoms with Crippen molar-refractivity contribution in [3.8, 4) is 0 Å². The Morgan fingerprint density at radius 2 is 1.78 bits per heavy atom. The number of phosphoric acid groups is 3. The number of aryl methyl sites for hydroxylation is 1. The molecule has 0 spiro atoms. The van der Waals surface area contributed by atoms with E-state index in [-0.39, 0.29) is 5.69 Å². The normalized spacial score (nSPS) is 27.6. The van der Waals surface area contributed by atoms with Gasteiger partial charge in [-0.3, -0.25) is 23.2 Å². The van der Waals surface area contributed by atoms with Crippen LogP contribution in [-0.2, 0) is 36.1 Å². The summed E-state index contributed by atoms with van der Waals surface area (Å²) < 4.78 is 57.0. The van der Waals surface area contributed by atoms with Gasteiger partial charge in [0.1, 0.15) is 12.2 Å². The van der Waals surface area contributed by atoms with Gasteiger partial charge in [0.15, 0.2) is 18.2 Å². The first-order valence-electron chi connectivity index (χ1n) is 8.05. The molecule has 18 nitrogen and oxygen atoms in total. The molecule has 1 saturated heterocycles. The van der Waals surface area contributed by atoms with Crippen molar-refractivity contribution in [1.29, 1.82) is 0 Å². The highest BCUT2D eigenvalue weighted by Gasteiger charge is 2.51. The number of hydrogen-bond acceptors (Lipinski definition) is 13. The molecule has 7 N–H and O–H groups in total. The SMILES string of the molecule is COP(=O)(O[C@H]1O[C@@H](n2cc(C)nc(C(N)=O)c2=O)[C@H](O)[C@@H]1O)OP(=O)(O)OP(=O)(O)O. The van der Waals surface area contributed by atoms with Crippen molar-refractivity contribution in [3.05, 3.63) is 27.9 Å². The lowest BCUT2D eigenvalue weighted by Gasteiger charge is -2.22. The molecule has 1 fully saturated rings. The molecule has 1 aromatic rings. The standard InChI is InChI=1S/C11H18N3O15P3/c1-4-3-14(9(18)5(13-4)8(12)17)10-6(15)7(16)11(26-10)27-32(24,25-2)29-31(22,23)28-30(19,20)21/h3,6-7,10-11,15-16H,1-2H3,(H2,12,17)(H,22,23)(H2,19,20,21)/t6-,7+,10-,11-,32?/m1/s1. The van der Waals surface area contributed by atoms with Crippen LogP contribution in [-0.4, -0.2) is 66.0 Å². The largest absolute Gasteiger partial charge is 0.490 e. The Bertz CT molecular complexity index is 1080. The van der Waals surface area contributed by atoms with Crippen LogP contribution < -0.4 is 11.3 Å². The number of nitrogens with two attached hydrogens (primary N) is 1. The van der Waals surface area contributed by atoms with Crippen LogP contribution in [0.5, 0.6) is 0 Å². The second kappa shape index (κ2) is 9.48. The smallest absolute Gasteiger partial charge is 0.385 e. The van der Waals surface area contributed by atoms with Gasteiger partial charge in [-0.05, 0) is 6.92 Å². The minimum absolute atomic E-state index is 0.0785. The number of carbonyl (C=O) groups excluding carboxylic acids is 1. The van der Waals surface area contributed by atoms with Crippen molar-refractivity contribution in [2.45, 2.75) is 31.6 Å². The number of aliphatic hydroxyl groups excluding tert-OH is 2.